The van der Waals surface area contributed by atoms with Gasteiger partial charge in [0.25, 0.3) is 0 Å². The van der Waals surface area contributed by atoms with Crippen LogP contribution in [-0.2, 0) is 10.0 Å². The van der Waals surface area contributed by atoms with Crippen LogP contribution in [0.25, 0.3) is 0 Å². The molecule has 1 aromatic rings. The summed E-state index contributed by atoms with van der Waals surface area (Å²) in [5, 5.41) is 3.36. The molecule has 5 heteroatoms. The second-order valence-corrected chi connectivity index (χ2v) is 7.11. The minimum Gasteiger partial charge on any atom is -0.312 e. The molecule has 3 rings (SSSR count). The zero-order valence-corrected chi connectivity index (χ0v) is 11.2. The Morgan fingerprint density at radius 1 is 1.22 bits per heavy atom. The summed E-state index contributed by atoms with van der Waals surface area (Å²) in [6.07, 6.45) is 2.06. The molecule has 0 amide bonds. The lowest BCUT2D eigenvalue weighted by molar-refractivity contribution is 0.417. The molecule has 2 aliphatic rings. The first kappa shape index (κ1) is 12.1. The van der Waals surface area contributed by atoms with Gasteiger partial charge >= 0.3 is 0 Å². The van der Waals surface area contributed by atoms with E-state index < -0.39 is 10.0 Å². The van der Waals surface area contributed by atoms with Gasteiger partial charge in [0, 0.05) is 12.1 Å². The first-order valence-electron chi connectivity index (χ1n) is 6.37. The van der Waals surface area contributed by atoms with E-state index in [0.29, 0.717) is 16.9 Å². The smallest absolute Gasteiger partial charge is 0.240 e. The average molecular weight is 266 g/mol. The number of aryl methyl sites for hydroxylation is 1. The predicted octanol–water partition coefficient (Wildman–Crippen LogP) is 1.02. The van der Waals surface area contributed by atoms with Crippen LogP contribution >= 0.6 is 0 Å². The second-order valence-electron chi connectivity index (χ2n) is 5.39. The molecular formula is C13H18N2O2S. The van der Waals surface area contributed by atoms with Crippen molar-refractivity contribution in [2.45, 2.75) is 36.7 Å². The predicted molar refractivity (Wildman–Crippen MR) is 69.8 cm³/mol. The van der Waals surface area contributed by atoms with Crippen molar-refractivity contribution in [2.75, 3.05) is 6.54 Å². The molecular weight excluding hydrogens is 248 g/mol. The summed E-state index contributed by atoms with van der Waals surface area (Å²) >= 11 is 0. The van der Waals surface area contributed by atoms with E-state index in [1.54, 1.807) is 12.1 Å². The van der Waals surface area contributed by atoms with E-state index in [4.69, 9.17) is 0 Å². The lowest BCUT2D eigenvalue weighted by atomic mass is 10.1. The Labute approximate surface area is 108 Å². The van der Waals surface area contributed by atoms with Crippen LogP contribution in [0.1, 0.15) is 18.4 Å². The van der Waals surface area contributed by atoms with E-state index in [9.17, 15) is 8.42 Å². The first-order valence-corrected chi connectivity index (χ1v) is 7.85. The molecule has 0 radical (unpaired) electrons. The van der Waals surface area contributed by atoms with Crippen molar-refractivity contribution in [2.24, 2.45) is 5.92 Å². The van der Waals surface area contributed by atoms with Gasteiger partial charge in [-0.2, -0.15) is 0 Å². The van der Waals surface area contributed by atoms with Crippen LogP contribution in [0.3, 0.4) is 0 Å². The average Bonchev–Trinajstić information content (AvgIpc) is 2.91. The molecule has 3 unspecified atom stereocenters. The van der Waals surface area contributed by atoms with Gasteiger partial charge in [0.15, 0.2) is 0 Å². The van der Waals surface area contributed by atoms with E-state index >= 15 is 0 Å². The maximum absolute atomic E-state index is 12.2. The Balaban J connectivity index is 1.77. The van der Waals surface area contributed by atoms with Crippen LogP contribution in [0.5, 0.6) is 0 Å². The number of hydrogen-bond acceptors (Lipinski definition) is 3. The van der Waals surface area contributed by atoms with Crippen molar-refractivity contribution < 1.29 is 8.42 Å². The van der Waals surface area contributed by atoms with Gasteiger partial charge in [-0.25, -0.2) is 13.1 Å². The standard InChI is InChI=1S/C13H18N2O2S/c1-9-2-4-11(5-3-9)18(16,17)15-13-7-10-6-12(13)14-8-10/h2-5,10,12-15H,6-8H2,1H3. The van der Waals surface area contributed by atoms with E-state index in [2.05, 4.69) is 10.0 Å². The molecule has 2 bridgehead atoms. The Hall–Kier alpha value is -0.910. The summed E-state index contributed by atoms with van der Waals surface area (Å²) in [6, 6.07) is 7.35. The molecule has 4 nitrogen and oxygen atoms in total. The molecule has 98 valence electrons. The zero-order chi connectivity index (χ0) is 12.8. The highest BCUT2D eigenvalue weighted by molar-refractivity contribution is 7.89. The first-order chi connectivity index (χ1) is 8.54. The lowest BCUT2D eigenvalue weighted by Crippen LogP contribution is -2.47. The van der Waals surface area contributed by atoms with Gasteiger partial charge in [-0.05, 0) is 44.4 Å². The van der Waals surface area contributed by atoms with Gasteiger partial charge in [0.05, 0.1) is 4.90 Å². The van der Waals surface area contributed by atoms with Crippen molar-refractivity contribution in [3.63, 3.8) is 0 Å². The molecule has 1 aliphatic heterocycles. The van der Waals surface area contributed by atoms with E-state index in [1.165, 1.54) is 0 Å². The van der Waals surface area contributed by atoms with Gasteiger partial charge in [-0.1, -0.05) is 17.7 Å². The van der Waals surface area contributed by atoms with Crippen LogP contribution < -0.4 is 10.0 Å². The topological polar surface area (TPSA) is 58.2 Å². The number of rotatable bonds is 3. The van der Waals surface area contributed by atoms with Gasteiger partial charge < -0.3 is 5.32 Å². The molecule has 1 heterocycles. The summed E-state index contributed by atoms with van der Waals surface area (Å²) in [5.74, 6) is 0.640. The third kappa shape index (κ3) is 2.18. The Morgan fingerprint density at radius 3 is 2.50 bits per heavy atom. The monoisotopic (exact) mass is 266 g/mol. The number of fused-ring (bicyclic) bond motifs is 2. The molecule has 1 saturated carbocycles. The third-order valence-electron chi connectivity index (χ3n) is 3.97. The van der Waals surface area contributed by atoms with Crippen molar-refractivity contribution in [3.8, 4) is 0 Å². The third-order valence-corrected chi connectivity index (χ3v) is 5.47. The summed E-state index contributed by atoms with van der Waals surface area (Å²) in [6.45, 7) is 2.98. The number of piperidine rings is 1. The number of nitrogens with one attached hydrogen (secondary N) is 2. The summed E-state index contributed by atoms with van der Waals surface area (Å²) in [7, 11) is -3.37. The highest BCUT2D eigenvalue weighted by Crippen LogP contribution is 2.31. The van der Waals surface area contributed by atoms with Crippen molar-refractivity contribution in [1.29, 1.82) is 0 Å². The van der Waals surface area contributed by atoms with Crippen molar-refractivity contribution in [1.82, 2.24) is 10.0 Å². The fraction of sp³-hybridized carbons (Fsp3) is 0.538. The van der Waals surface area contributed by atoms with Crippen molar-refractivity contribution in [3.05, 3.63) is 29.8 Å². The molecule has 1 aliphatic carbocycles. The molecule has 18 heavy (non-hydrogen) atoms. The van der Waals surface area contributed by atoms with E-state index in [-0.39, 0.29) is 6.04 Å². The lowest BCUT2D eigenvalue weighted by Gasteiger charge is -2.23. The molecule has 3 atom stereocenters. The number of sulfonamides is 1. The summed E-state index contributed by atoms with van der Waals surface area (Å²) < 4.78 is 27.3. The summed E-state index contributed by atoms with van der Waals surface area (Å²) in [5.41, 5.74) is 1.07. The van der Waals surface area contributed by atoms with Gasteiger partial charge in [-0.15, -0.1) is 0 Å². The maximum atomic E-state index is 12.2. The van der Waals surface area contributed by atoms with Crippen LogP contribution in [-0.4, -0.2) is 27.0 Å². The molecule has 2 fully saturated rings. The molecule has 1 aromatic carbocycles. The maximum Gasteiger partial charge on any atom is 0.240 e. The molecule has 0 spiro atoms. The van der Waals surface area contributed by atoms with Gasteiger partial charge in [0.1, 0.15) is 0 Å². The van der Waals surface area contributed by atoms with E-state index in [0.717, 1.165) is 24.9 Å². The second kappa shape index (κ2) is 4.33. The zero-order valence-electron chi connectivity index (χ0n) is 10.4. The molecule has 0 aromatic heterocycles. The fourth-order valence-electron chi connectivity index (χ4n) is 2.97. The fourth-order valence-corrected chi connectivity index (χ4v) is 4.26. The highest BCUT2D eigenvalue weighted by Gasteiger charge is 2.41. The molecule has 1 saturated heterocycles. The van der Waals surface area contributed by atoms with Gasteiger partial charge in [-0.3, -0.25) is 0 Å². The van der Waals surface area contributed by atoms with Crippen molar-refractivity contribution >= 4 is 10.0 Å². The quantitative estimate of drug-likeness (QED) is 0.859. The normalized spacial score (nSPS) is 30.8. The number of benzene rings is 1. The highest BCUT2D eigenvalue weighted by atomic mass is 32.2. The Bertz CT molecular complexity index is 539. The minimum absolute atomic E-state index is 0.0510. The minimum atomic E-state index is -3.37. The van der Waals surface area contributed by atoms with Crippen LogP contribution in [0, 0.1) is 12.8 Å². The number of hydrogen-bond donors (Lipinski definition) is 2. The van der Waals surface area contributed by atoms with Crippen LogP contribution in [0.2, 0.25) is 0 Å². The summed E-state index contributed by atoms with van der Waals surface area (Å²) in [4.78, 5) is 0.357. The van der Waals surface area contributed by atoms with E-state index in [1.807, 2.05) is 19.1 Å². The van der Waals surface area contributed by atoms with Gasteiger partial charge in [0.2, 0.25) is 10.0 Å². The van der Waals surface area contributed by atoms with Crippen LogP contribution in [0.15, 0.2) is 29.2 Å². The van der Waals surface area contributed by atoms with Crippen LogP contribution in [0.4, 0.5) is 0 Å². The Kier molecular flexibility index (Phi) is 2.92. The SMILES string of the molecule is Cc1ccc(S(=O)(=O)NC2CC3CNC2C3)cc1. The Morgan fingerprint density at radius 2 is 1.94 bits per heavy atom. The largest absolute Gasteiger partial charge is 0.312 e. The molecule has 2 N–H and O–H groups in total.